The number of furan rings is 1. The maximum Gasteiger partial charge on any atom is 0.371 e. The average molecular weight is 276 g/mol. The van der Waals surface area contributed by atoms with E-state index < -0.39 is 10.9 Å². The van der Waals surface area contributed by atoms with Crippen LogP contribution in [0.4, 0.5) is 11.4 Å². The van der Waals surface area contributed by atoms with Crippen LogP contribution in [0.25, 0.3) is 0 Å². The zero-order valence-electron chi connectivity index (χ0n) is 10.6. The number of aryl methyl sites for hydroxylation is 1. The van der Waals surface area contributed by atoms with Gasteiger partial charge in [-0.1, -0.05) is 0 Å². The molecule has 20 heavy (non-hydrogen) atoms. The fourth-order valence-electron chi connectivity index (χ4n) is 1.75. The van der Waals surface area contributed by atoms with Crippen LogP contribution in [0.3, 0.4) is 0 Å². The Kier molecular flexibility index (Phi) is 3.69. The Morgan fingerprint density at radius 3 is 2.70 bits per heavy atom. The van der Waals surface area contributed by atoms with Gasteiger partial charge in [0.15, 0.2) is 0 Å². The number of nitrogens with zero attached hydrogens (tertiary/aromatic N) is 1. The molecule has 0 amide bonds. The Morgan fingerprint density at radius 1 is 1.40 bits per heavy atom. The van der Waals surface area contributed by atoms with E-state index in [2.05, 4.69) is 5.32 Å². The molecule has 0 atom stereocenters. The van der Waals surface area contributed by atoms with Crippen LogP contribution in [-0.2, 0) is 6.54 Å². The number of hydrogen-bond donors (Lipinski definition) is 2. The molecule has 0 saturated carbocycles. The van der Waals surface area contributed by atoms with E-state index in [1.54, 1.807) is 25.1 Å². The number of carboxylic acids is 1. The van der Waals surface area contributed by atoms with Gasteiger partial charge in [0, 0.05) is 17.3 Å². The van der Waals surface area contributed by atoms with Crippen molar-refractivity contribution in [3.63, 3.8) is 0 Å². The molecule has 0 radical (unpaired) electrons. The molecule has 1 aromatic carbocycles. The first-order chi connectivity index (χ1) is 9.47. The molecule has 0 aliphatic rings. The lowest BCUT2D eigenvalue weighted by molar-refractivity contribution is -0.385. The molecule has 7 heteroatoms. The van der Waals surface area contributed by atoms with Gasteiger partial charge in [0.1, 0.15) is 5.76 Å². The minimum atomic E-state index is -1.12. The smallest absolute Gasteiger partial charge is 0.371 e. The standard InChI is InChI=1S/C13H12N2O5/c1-8-6-9(2-4-11(8)15(18)19)14-7-10-3-5-12(20-10)13(16)17/h2-6,14H,7H2,1H3,(H,16,17). The van der Waals surface area contributed by atoms with Crippen molar-refractivity contribution in [1.29, 1.82) is 0 Å². The highest BCUT2D eigenvalue weighted by molar-refractivity contribution is 5.84. The third kappa shape index (κ3) is 2.94. The molecule has 0 spiro atoms. The van der Waals surface area contributed by atoms with E-state index in [0.29, 0.717) is 23.6 Å². The summed E-state index contributed by atoms with van der Waals surface area (Å²) in [6, 6.07) is 7.60. The lowest BCUT2D eigenvalue weighted by Gasteiger charge is -2.05. The number of nitro groups is 1. The molecule has 2 aromatic rings. The maximum absolute atomic E-state index is 10.7. The highest BCUT2D eigenvalue weighted by atomic mass is 16.6. The Hall–Kier alpha value is -2.83. The van der Waals surface area contributed by atoms with Gasteiger partial charge in [-0.2, -0.15) is 0 Å². The van der Waals surface area contributed by atoms with Crippen LogP contribution in [0.15, 0.2) is 34.7 Å². The highest BCUT2D eigenvalue weighted by Gasteiger charge is 2.11. The Bertz CT molecular complexity index is 663. The van der Waals surface area contributed by atoms with E-state index in [1.165, 1.54) is 12.1 Å². The molecular weight excluding hydrogens is 264 g/mol. The fourth-order valence-corrected chi connectivity index (χ4v) is 1.75. The molecule has 0 fully saturated rings. The Labute approximate surface area is 114 Å². The molecule has 7 nitrogen and oxygen atoms in total. The van der Waals surface area contributed by atoms with Gasteiger partial charge < -0.3 is 14.8 Å². The summed E-state index contributed by atoms with van der Waals surface area (Å²) in [5.74, 6) is -0.775. The van der Waals surface area contributed by atoms with Crippen molar-refractivity contribution in [2.45, 2.75) is 13.5 Å². The predicted octanol–water partition coefficient (Wildman–Crippen LogP) is 2.81. The van der Waals surface area contributed by atoms with E-state index >= 15 is 0 Å². The summed E-state index contributed by atoms with van der Waals surface area (Å²) in [6.07, 6.45) is 0. The highest BCUT2D eigenvalue weighted by Crippen LogP contribution is 2.22. The SMILES string of the molecule is Cc1cc(NCc2ccc(C(=O)O)o2)ccc1[N+](=O)[O-]. The van der Waals surface area contributed by atoms with Gasteiger partial charge in [0.25, 0.3) is 5.69 Å². The fraction of sp³-hybridized carbons (Fsp3) is 0.154. The van der Waals surface area contributed by atoms with Crippen molar-refractivity contribution in [3.05, 3.63) is 57.5 Å². The minimum Gasteiger partial charge on any atom is -0.475 e. The maximum atomic E-state index is 10.7. The van der Waals surface area contributed by atoms with Crippen LogP contribution in [0.2, 0.25) is 0 Å². The normalized spacial score (nSPS) is 10.2. The van der Waals surface area contributed by atoms with Crippen LogP contribution < -0.4 is 5.32 Å². The van der Waals surface area contributed by atoms with Crippen molar-refractivity contribution in [2.75, 3.05) is 5.32 Å². The average Bonchev–Trinajstić information content (AvgIpc) is 2.85. The topological polar surface area (TPSA) is 106 Å². The molecule has 2 rings (SSSR count). The molecule has 0 aliphatic carbocycles. The second kappa shape index (κ2) is 5.43. The van der Waals surface area contributed by atoms with E-state index in [0.717, 1.165) is 0 Å². The predicted molar refractivity (Wildman–Crippen MR) is 70.8 cm³/mol. The van der Waals surface area contributed by atoms with Gasteiger partial charge in [-0.25, -0.2) is 4.79 Å². The second-order valence-electron chi connectivity index (χ2n) is 4.18. The minimum absolute atomic E-state index is 0.0571. The molecule has 1 aromatic heterocycles. The number of carbonyl (C=O) groups is 1. The van der Waals surface area contributed by atoms with Crippen molar-refractivity contribution in [2.24, 2.45) is 0 Å². The Balaban J connectivity index is 2.05. The molecule has 2 N–H and O–H groups in total. The summed E-state index contributed by atoms with van der Waals surface area (Å²) in [5, 5.41) is 22.4. The summed E-state index contributed by atoms with van der Waals surface area (Å²) in [7, 11) is 0. The van der Waals surface area contributed by atoms with E-state index in [9.17, 15) is 14.9 Å². The number of hydrogen-bond acceptors (Lipinski definition) is 5. The summed E-state index contributed by atoms with van der Waals surface area (Å²) in [4.78, 5) is 20.9. The van der Waals surface area contributed by atoms with Gasteiger partial charge >= 0.3 is 5.97 Å². The number of anilines is 1. The van der Waals surface area contributed by atoms with Crippen LogP contribution in [0.5, 0.6) is 0 Å². The van der Waals surface area contributed by atoms with Gasteiger partial charge in [0.2, 0.25) is 5.76 Å². The van der Waals surface area contributed by atoms with Crippen molar-refractivity contribution in [3.8, 4) is 0 Å². The lowest BCUT2D eigenvalue weighted by atomic mass is 10.2. The number of rotatable bonds is 5. The van der Waals surface area contributed by atoms with Crippen LogP contribution in [0, 0.1) is 17.0 Å². The number of nitro benzene ring substituents is 1. The molecule has 0 aliphatic heterocycles. The second-order valence-corrected chi connectivity index (χ2v) is 4.18. The first kappa shape index (κ1) is 13.6. The van der Waals surface area contributed by atoms with E-state index in [-0.39, 0.29) is 11.4 Å². The monoisotopic (exact) mass is 276 g/mol. The lowest BCUT2D eigenvalue weighted by Crippen LogP contribution is -2.00. The van der Waals surface area contributed by atoms with Crippen molar-refractivity contribution in [1.82, 2.24) is 0 Å². The van der Waals surface area contributed by atoms with Gasteiger partial charge in [-0.3, -0.25) is 10.1 Å². The molecule has 0 bridgehead atoms. The summed E-state index contributed by atoms with van der Waals surface area (Å²) < 4.78 is 5.09. The summed E-state index contributed by atoms with van der Waals surface area (Å²) in [5.41, 5.74) is 1.30. The molecule has 0 unspecified atom stereocenters. The zero-order valence-corrected chi connectivity index (χ0v) is 10.6. The first-order valence-electron chi connectivity index (χ1n) is 5.78. The number of nitrogens with one attached hydrogen (secondary N) is 1. The quantitative estimate of drug-likeness (QED) is 0.642. The van der Waals surface area contributed by atoms with E-state index in [4.69, 9.17) is 9.52 Å². The van der Waals surface area contributed by atoms with E-state index in [1.807, 2.05) is 0 Å². The number of benzene rings is 1. The third-order valence-corrected chi connectivity index (χ3v) is 2.73. The number of aromatic carboxylic acids is 1. The first-order valence-corrected chi connectivity index (χ1v) is 5.78. The van der Waals surface area contributed by atoms with Crippen molar-refractivity contribution >= 4 is 17.3 Å². The van der Waals surface area contributed by atoms with Crippen LogP contribution in [0.1, 0.15) is 21.9 Å². The summed E-state index contributed by atoms with van der Waals surface area (Å²) >= 11 is 0. The largest absolute Gasteiger partial charge is 0.475 e. The summed E-state index contributed by atoms with van der Waals surface area (Å²) in [6.45, 7) is 1.95. The van der Waals surface area contributed by atoms with Gasteiger partial charge in [-0.15, -0.1) is 0 Å². The van der Waals surface area contributed by atoms with Crippen LogP contribution in [-0.4, -0.2) is 16.0 Å². The van der Waals surface area contributed by atoms with Crippen LogP contribution >= 0.6 is 0 Å². The number of carboxylic acid groups (broad SMARTS) is 1. The molecular formula is C13H12N2O5. The Morgan fingerprint density at radius 2 is 2.15 bits per heavy atom. The molecule has 104 valence electrons. The zero-order chi connectivity index (χ0) is 14.7. The van der Waals surface area contributed by atoms with Crippen molar-refractivity contribution < 1.29 is 19.2 Å². The van der Waals surface area contributed by atoms with Gasteiger partial charge in [-0.05, 0) is 31.2 Å². The third-order valence-electron chi connectivity index (χ3n) is 2.73. The van der Waals surface area contributed by atoms with Gasteiger partial charge in [0.05, 0.1) is 11.5 Å². The molecule has 0 saturated heterocycles. The molecule has 1 heterocycles.